The van der Waals surface area contributed by atoms with Crippen molar-refractivity contribution >= 4 is 29.2 Å². The van der Waals surface area contributed by atoms with Crippen LogP contribution in [-0.2, 0) is 9.59 Å². The average Bonchev–Trinajstić information content (AvgIpc) is 2.88. The molecular formula is C17H19ClN4O2. The molecule has 1 fully saturated rings. The van der Waals surface area contributed by atoms with Crippen molar-refractivity contribution in [3.63, 3.8) is 0 Å². The highest BCUT2D eigenvalue weighted by Crippen LogP contribution is 2.20. The van der Waals surface area contributed by atoms with Crippen LogP contribution >= 0.6 is 11.6 Å². The molecule has 6 nitrogen and oxygen atoms in total. The molecule has 1 unspecified atom stereocenters. The van der Waals surface area contributed by atoms with Gasteiger partial charge in [-0.05, 0) is 44.0 Å². The standard InChI is InChI=1S/C17H19ClN4O2/c1-11-9-15(22(21-11)14-7-5-12(18)6-8-14)20-17(24)10-13-3-2-4-16(23)19-13/h5-9,13H,2-4,10H2,1H3,(H,19,23)(H,20,24). The third kappa shape index (κ3) is 3.94. The second kappa shape index (κ2) is 7.05. The van der Waals surface area contributed by atoms with E-state index >= 15 is 0 Å². The minimum atomic E-state index is -0.141. The van der Waals surface area contributed by atoms with Gasteiger partial charge in [-0.2, -0.15) is 5.10 Å². The number of hydrogen-bond donors (Lipinski definition) is 2. The second-order valence-corrected chi connectivity index (χ2v) is 6.40. The predicted octanol–water partition coefficient (Wildman–Crippen LogP) is 2.83. The maximum atomic E-state index is 12.3. The Bertz CT molecular complexity index is 754. The van der Waals surface area contributed by atoms with Crippen molar-refractivity contribution in [2.75, 3.05) is 5.32 Å². The Hall–Kier alpha value is -2.34. The molecule has 2 amide bonds. The fourth-order valence-corrected chi connectivity index (χ4v) is 2.95. The van der Waals surface area contributed by atoms with E-state index in [4.69, 9.17) is 11.6 Å². The minimum Gasteiger partial charge on any atom is -0.353 e. The Labute approximate surface area is 145 Å². The summed E-state index contributed by atoms with van der Waals surface area (Å²) in [4.78, 5) is 23.7. The van der Waals surface area contributed by atoms with Crippen molar-refractivity contribution in [2.45, 2.75) is 38.6 Å². The first-order valence-electron chi connectivity index (χ1n) is 7.93. The van der Waals surface area contributed by atoms with Gasteiger partial charge in [-0.1, -0.05) is 11.6 Å². The number of halogens is 1. The lowest BCUT2D eigenvalue weighted by atomic mass is 10.0. The van der Waals surface area contributed by atoms with Gasteiger partial charge in [0.05, 0.1) is 11.4 Å². The number of benzene rings is 1. The summed E-state index contributed by atoms with van der Waals surface area (Å²) in [7, 11) is 0. The van der Waals surface area contributed by atoms with Crippen LogP contribution in [0.15, 0.2) is 30.3 Å². The number of rotatable bonds is 4. The third-order valence-electron chi connectivity index (χ3n) is 3.92. The second-order valence-electron chi connectivity index (χ2n) is 5.97. The molecule has 1 aliphatic rings. The van der Waals surface area contributed by atoms with Crippen molar-refractivity contribution in [2.24, 2.45) is 0 Å². The molecule has 1 aromatic heterocycles. The Morgan fingerprint density at radius 1 is 1.42 bits per heavy atom. The number of amides is 2. The first kappa shape index (κ1) is 16.5. The number of aromatic nitrogens is 2. The Morgan fingerprint density at radius 2 is 2.17 bits per heavy atom. The number of anilines is 1. The van der Waals surface area contributed by atoms with Crippen LogP contribution in [0.4, 0.5) is 5.82 Å². The van der Waals surface area contributed by atoms with Crippen LogP contribution in [0.25, 0.3) is 5.69 Å². The monoisotopic (exact) mass is 346 g/mol. The molecular weight excluding hydrogens is 328 g/mol. The molecule has 24 heavy (non-hydrogen) atoms. The van der Waals surface area contributed by atoms with Crippen LogP contribution in [0.3, 0.4) is 0 Å². The molecule has 0 radical (unpaired) electrons. The van der Waals surface area contributed by atoms with Crippen molar-refractivity contribution in [1.82, 2.24) is 15.1 Å². The van der Waals surface area contributed by atoms with Crippen LogP contribution in [0.5, 0.6) is 0 Å². The zero-order chi connectivity index (χ0) is 17.1. The van der Waals surface area contributed by atoms with Crippen LogP contribution in [0.2, 0.25) is 5.02 Å². The summed E-state index contributed by atoms with van der Waals surface area (Å²) in [5.74, 6) is 0.473. The molecule has 126 valence electrons. The summed E-state index contributed by atoms with van der Waals surface area (Å²) in [6, 6.07) is 8.94. The van der Waals surface area contributed by atoms with Crippen LogP contribution < -0.4 is 10.6 Å². The molecule has 7 heteroatoms. The average molecular weight is 347 g/mol. The summed E-state index contributed by atoms with van der Waals surface area (Å²) in [5, 5.41) is 10.8. The number of hydrogen-bond acceptors (Lipinski definition) is 3. The highest BCUT2D eigenvalue weighted by molar-refractivity contribution is 6.30. The lowest BCUT2D eigenvalue weighted by molar-refractivity contribution is -0.124. The zero-order valence-corrected chi connectivity index (χ0v) is 14.1. The third-order valence-corrected chi connectivity index (χ3v) is 4.18. The molecule has 0 bridgehead atoms. The molecule has 3 rings (SSSR count). The van der Waals surface area contributed by atoms with Gasteiger partial charge in [0.25, 0.3) is 0 Å². The smallest absolute Gasteiger partial charge is 0.227 e. The summed E-state index contributed by atoms with van der Waals surface area (Å²) < 4.78 is 1.67. The minimum absolute atomic E-state index is 0.0149. The zero-order valence-electron chi connectivity index (χ0n) is 13.4. The normalized spacial score (nSPS) is 17.4. The lowest BCUT2D eigenvalue weighted by Crippen LogP contribution is -2.40. The highest BCUT2D eigenvalue weighted by Gasteiger charge is 2.21. The molecule has 2 aromatic rings. The molecule has 1 saturated heterocycles. The summed E-state index contributed by atoms with van der Waals surface area (Å²) in [6.45, 7) is 1.86. The summed E-state index contributed by atoms with van der Waals surface area (Å²) >= 11 is 5.91. The van der Waals surface area contributed by atoms with E-state index in [2.05, 4.69) is 15.7 Å². The number of nitrogens with zero attached hydrogens (tertiary/aromatic N) is 2. The predicted molar refractivity (Wildman–Crippen MR) is 92.3 cm³/mol. The molecule has 0 spiro atoms. The van der Waals surface area contributed by atoms with Gasteiger partial charge in [-0.15, -0.1) is 0 Å². The van der Waals surface area contributed by atoms with E-state index in [1.54, 1.807) is 16.8 Å². The number of aryl methyl sites for hydroxylation is 1. The number of nitrogens with one attached hydrogen (secondary N) is 2. The van der Waals surface area contributed by atoms with E-state index in [-0.39, 0.29) is 24.3 Å². The maximum Gasteiger partial charge on any atom is 0.227 e. The van der Waals surface area contributed by atoms with Gasteiger partial charge >= 0.3 is 0 Å². The first-order chi connectivity index (χ1) is 11.5. The van der Waals surface area contributed by atoms with E-state index in [1.165, 1.54) is 0 Å². The van der Waals surface area contributed by atoms with Crippen LogP contribution in [0, 0.1) is 6.92 Å². The summed E-state index contributed by atoms with van der Waals surface area (Å²) in [6.07, 6.45) is 2.46. The van der Waals surface area contributed by atoms with E-state index in [0.717, 1.165) is 24.2 Å². The maximum absolute atomic E-state index is 12.3. The number of piperidine rings is 1. The van der Waals surface area contributed by atoms with Crippen molar-refractivity contribution in [3.8, 4) is 5.69 Å². The Balaban J connectivity index is 1.71. The van der Waals surface area contributed by atoms with E-state index in [9.17, 15) is 9.59 Å². The highest BCUT2D eigenvalue weighted by atomic mass is 35.5. The van der Waals surface area contributed by atoms with Gasteiger partial charge < -0.3 is 10.6 Å². The fourth-order valence-electron chi connectivity index (χ4n) is 2.82. The Kier molecular flexibility index (Phi) is 4.85. The molecule has 1 aliphatic heterocycles. The summed E-state index contributed by atoms with van der Waals surface area (Å²) in [5.41, 5.74) is 1.61. The number of carbonyl (C=O) groups excluding carboxylic acids is 2. The van der Waals surface area contributed by atoms with Crippen molar-refractivity contribution in [3.05, 3.63) is 41.0 Å². The van der Waals surface area contributed by atoms with Gasteiger partial charge in [0, 0.05) is 30.0 Å². The number of carbonyl (C=O) groups is 2. The van der Waals surface area contributed by atoms with Gasteiger partial charge in [-0.3, -0.25) is 9.59 Å². The fraction of sp³-hybridized carbons (Fsp3) is 0.353. The topological polar surface area (TPSA) is 76.0 Å². The van der Waals surface area contributed by atoms with Gasteiger partial charge in [0.2, 0.25) is 11.8 Å². The first-order valence-corrected chi connectivity index (χ1v) is 8.31. The van der Waals surface area contributed by atoms with E-state index in [0.29, 0.717) is 17.3 Å². The van der Waals surface area contributed by atoms with Crippen LogP contribution in [0.1, 0.15) is 31.4 Å². The van der Waals surface area contributed by atoms with Crippen molar-refractivity contribution < 1.29 is 9.59 Å². The molecule has 1 aromatic carbocycles. The molecule has 1 atom stereocenters. The molecule has 0 aliphatic carbocycles. The molecule has 2 heterocycles. The SMILES string of the molecule is Cc1cc(NC(=O)CC2CCCC(=O)N2)n(-c2ccc(Cl)cc2)n1. The molecule has 0 saturated carbocycles. The molecule has 2 N–H and O–H groups in total. The van der Waals surface area contributed by atoms with E-state index in [1.807, 2.05) is 25.1 Å². The quantitative estimate of drug-likeness (QED) is 0.893. The van der Waals surface area contributed by atoms with Gasteiger partial charge in [0.15, 0.2) is 0 Å². The van der Waals surface area contributed by atoms with Gasteiger partial charge in [-0.25, -0.2) is 4.68 Å². The largest absolute Gasteiger partial charge is 0.353 e. The van der Waals surface area contributed by atoms with E-state index < -0.39 is 0 Å². The lowest BCUT2D eigenvalue weighted by Gasteiger charge is -2.22. The Morgan fingerprint density at radius 3 is 2.88 bits per heavy atom. The van der Waals surface area contributed by atoms with Crippen molar-refractivity contribution in [1.29, 1.82) is 0 Å². The van der Waals surface area contributed by atoms with Crippen LogP contribution in [-0.4, -0.2) is 27.6 Å². The van der Waals surface area contributed by atoms with Gasteiger partial charge in [0.1, 0.15) is 5.82 Å².